The molecule has 24 heavy (non-hydrogen) atoms. The molecule has 1 atom stereocenters. The number of aryl methyl sites for hydroxylation is 1. The summed E-state index contributed by atoms with van der Waals surface area (Å²) < 4.78 is 15.1. The number of halogens is 1. The Hall–Kier alpha value is -2.02. The first-order valence-electron chi connectivity index (χ1n) is 8.55. The number of hydrogen-bond donors (Lipinski definition) is 0. The second-order valence-electron chi connectivity index (χ2n) is 7.14. The molecule has 0 bridgehead atoms. The lowest BCUT2D eigenvalue weighted by Crippen LogP contribution is -2.45. The van der Waals surface area contributed by atoms with Crippen molar-refractivity contribution in [3.05, 3.63) is 36.4 Å². The molecule has 2 fully saturated rings. The van der Waals surface area contributed by atoms with Crippen LogP contribution >= 0.6 is 0 Å². The van der Waals surface area contributed by atoms with Gasteiger partial charge in [-0.1, -0.05) is 0 Å². The third-order valence-corrected chi connectivity index (χ3v) is 5.35. The third-order valence-electron chi connectivity index (χ3n) is 5.35. The number of aromatic nitrogens is 4. The summed E-state index contributed by atoms with van der Waals surface area (Å²) in [6.07, 6.45) is 9.93. The molecule has 4 heterocycles. The number of nitrogens with zero attached hydrogens (tertiary/aromatic N) is 6. The minimum absolute atomic E-state index is 0.293. The molecule has 0 saturated carbocycles. The van der Waals surface area contributed by atoms with Gasteiger partial charge in [0.05, 0.1) is 18.9 Å². The van der Waals surface area contributed by atoms with Gasteiger partial charge in [-0.25, -0.2) is 19.3 Å². The molecule has 1 spiro atoms. The van der Waals surface area contributed by atoms with Crippen molar-refractivity contribution < 1.29 is 4.39 Å². The minimum Gasteiger partial charge on any atom is -0.340 e. The van der Waals surface area contributed by atoms with E-state index in [1.807, 2.05) is 19.4 Å². The minimum atomic E-state index is -0.382. The van der Waals surface area contributed by atoms with E-state index < -0.39 is 0 Å². The highest BCUT2D eigenvalue weighted by molar-refractivity contribution is 5.30. The molecule has 2 aliphatic rings. The summed E-state index contributed by atoms with van der Waals surface area (Å²) in [5.74, 6) is 1.38. The Bertz CT molecular complexity index is 699. The maximum Gasteiger partial charge on any atom is 0.225 e. The quantitative estimate of drug-likeness (QED) is 0.859. The summed E-state index contributed by atoms with van der Waals surface area (Å²) in [7, 11) is 2.04. The number of imidazole rings is 1. The van der Waals surface area contributed by atoms with Crippen LogP contribution in [0.25, 0.3) is 0 Å². The highest BCUT2D eigenvalue weighted by Gasteiger charge is 2.42. The van der Waals surface area contributed by atoms with Crippen molar-refractivity contribution in [2.45, 2.75) is 25.8 Å². The van der Waals surface area contributed by atoms with Gasteiger partial charge in [-0.3, -0.25) is 4.90 Å². The van der Waals surface area contributed by atoms with Crippen molar-refractivity contribution in [2.75, 3.05) is 31.1 Å². The molecule has 128 valence electrons. The molecule has 0 aliphatic carbocycles. The zero-order valence-electron chi connectivity index (χ0n) is 14.0. The molecule has 0 amide bonds. The van der Waals surface area contributed by atoms with E-state index in [1.165, 1.54) is 25.2 Å². The highest BCUT2D eigenvalue weighted by atomic mass is 19.1. The summed E-state index contributed by atoms with van der Waals surface area (Å²) in [6, 6.07) is 0. The average Bonchev–Trinajstić information content (AvgIpc) is 3.16. The van der Waals surface area contributed by atoms with E-state index in [1.54, 1.807) is 0 Å². The monoisotopic (exact) mass is 330 g/mol. The van der Waals surface area contributed by atoms with Crippen LogP contribution in [0.3, 0.4) is 0 Å². The zero-order valence-corrected chi connectivity index (χ0v) is 14.0. The molecule has 1 unspecified atom stereocenters. The van der Waals surface area contributed by atoms with Gasteiger partial charge in [0.1, 0.15) is 5.82 Å². The largest absolute Gasteiger partial charge is 0.340 e. The molecular formula is C17H23FN6. The maximum absolute atomic E-state index is 13.1. The van der Waals surface area contributed by atoms with Gasteiger partial charge >= 0.3 is 0 Å². The van der Waals surface area contributed by atoms with Gasteiger partial charge in [-0.15, -0.1) is 0 Å². The Kier molecular flexibility index (Phi) is 3.96. The van der Waals surface area contributed by atoms with Gasteiger partial charge in [0, 0.05) is 44.5 Å². The van der Waals surface area contributed by atoms with E-state index in [4.69, 9.17) is 0 Å². The van der Waals surface area contributed by atoms with Crippen LogP contribution in [0.15, 0.2) is 24.8 Å². The smallest absolute Gasteiger partial charge is 0.225 e. The number of rotatable bonds is 3. The van der Waals surface area contributed by atoms with Crippen molar-refractivity contribution in [1.29, 1.82) is 0 Å². The Labute approximate surface area is 141 Å². The van der Waals surface area contributed by atoms with Gasteiger partial charge in [-0.2, -0.15) is 0 Å². The lowest BCUT2D eigenvalue weighted by Gasteiger charge is -2.40. The van der Waals surface area contributed by atoms with Crippen molar-refractivity contribution in [2.24, 2.45) is 12.5 Å². The Morgan fingerprint density at radius 2 is 1.96 bits per heavy atom. The first kappa shape index (κ1) is 15.5. The Morgan fingerprint density at radius 1 is 1.12 bits per heavy atom. The van der Waals surface area contributed by atoms with Crippen molar-refractivity contribution in [3.8, 4) is 0 Å². The normalized spacial score (nSPS) is 24.8. The summed E-state index contributed by atoms with van der Waals surface area (Å²) in [6.45, 7) is 4.99. The summed E-state index contributed by atoms with van der Waals surface area (Å²) in [5.41, 5.74) is 0.293. The fraction of sp³-hybridized carbons (Fsp3) is 0.588. The fourth-order valence-corrected chi connectivity index (χ4v) is 4.09. The first-order chi connectivity index (χ1) is 11.6. The lowest BCUT2D eigenvalue weighted by molar-refractivity contribution is 0.212. The number of anilines is 1. The molecule has 0 radical (unpaired) electrons. The van der Waals surface area contributed by atoms with Gasteiger partial charge in [-0.05, 0) is 25.8 Å². The van der Waals surface area contributed by atoms with E-state index in [-0.39, 0.29) is 5.82 Å². The predicted octanol–water partition coefficient (Wildman–Crippen LogP) is 1.84. The van der Waals surface area contributed by atoms with Crippen LogP contribution in [0.1, 0.15) is 25.1 Å². The molecule has 2 aliphatic heterocycles. The highest BCUT2D eigenvalue weighted by Crippen LogP contribution is 2.40. The van der Waals surface area contributed by atoms with E-state index in [2.05, 4.69) is 29.3 Å². The number of piperidine rings is 1. The molecule has 2 aromatic rings. The topological polar surface area (TPSA) is 50.1 Å². The van der Waals surface area contributed by atoms with Crippen LogP contribution < -0.4 is 4.90 Å². The van der Waals surface area contributed by atoms with E-state index in [9.17, 15) is 4.39 Å². The lowest BCUT2D eigenvalue weighted by atomic mass is 9.79. The van der Waals surface area contributed by atoms with Crippen LogP contribution in [-0.2, 0) is 13.6 Å². The van der Waals surface area contributed by atoms with Gasteiger partial charge in [0.25, 0.3) is 0 Å². The first-order valence-corrected chi connectivity index (χ1v) is 8.55. The fourth-order valence-electron chi connectivity index (χ4n) is 4.09. The SMILES string of the molecule is Cn1ccnc1CN1CCC2(CCCN(c3ncc(F)cn3)C2)C1. The standard InChI is InChI=1S/C17H23FN6/c1-22-8-5-19-15(22)11-23-7-4-17(12-23)3-2-6-24(13-17)16-20-9-14(18)10-21-16/h5,8-10H,2-4,6-7,11-13H2,1H3. The summed E-state index contributed by atoms with van der Waals surface area (Å²) >= 11 is 0. The molecule has 2 aromatic heterocycles. The Balaban J connectivity index is 1.44. The molecule has 7 heteroatoms. The molecular weight excluding hydrogens is 307 g/mol. The third kappa shape index (κ3) is 3.00. The number of likely N-dealkylation sites (tertiary alicyclic amines) is 1. The second-order valence-corrected chi connectivity index (χ2v) is 7.14. The van der Waals surface area contributed by atoms with E-state index >= 15 is 0 Å². The van der Waals surface area contributed by atoms with Crippen LogP contribution in [0, 0.1) is 11.2 Å². The molecule has 6 nitrogen and oxygen atoms in total. The van der Waals surface area contributed by atoms with Gasteiger partial charge in [0.2, 0.25) is 5.95 Å². The molecule has 2 saturated heterocycles. The second kappa shape index (κ2) is 6.12. The van der Waals surface area contributed by atoms with E-state index in [0.29, 0.717) is 11.4 Å². The zero-order chi connectivity index (χ0) is 16.6. The molecule has 0 aromatic carbocycles. The van der Waals surface area contributed by atoms with E-state index in [0.717, 1.165) is 45.0 Å². The van der Waals surface area contributed by atoms with Gasteiger partial charge < -0.3 is 9.47 Å². The maximum atomic E-state index is 13.1. The van der Waals surface area contributed by atoms with Crippen LogP contribution in [0.2, 0.25) is 0 Å². The van der Waals surface area contributed by atoms with Crippen LogP contribution in [0.5, 0.6) is 0 Å². The van der Waals surface area contributed by atoms with Crippen molar-refractivity contribution >= 4 is 5.95 Å². The summed E-state index contributed by atoms with van der Waals surface area (Å²) in [5, 5.41) is 0. The Morgan fingerprint density at radius 3 is 2.71 bits per heavy atom. The van der Waals surface area contributed by atoms with Crippen LogP contribution in [0.4, 0.5) is 10.3 Å². The average molecular weight is 330 g/mol. The predicted molar refractivity (Wildman–Crippen MR) is 89.0 cm³/mol. The van der Waals surface area contributed by atoms with Gasteiger partial charge in [0.15, 0.2) is 5.82 Å². The summed E-state index contributed by atoms with van der Waals surface area (Å²) in [4.78, 5) is 17.5. The molecule has 0 N–H and O–H groups in total. The van der Waals surface area contributed by atoms with Crippen LogP contribution in [-0.4, -0.2) is 50.6 Å². The van der Waals surface area contributed by atoms with Crippen molar-refractivity contribution in [3.63, 3.8) is 0 Å². The number of hydrogen-bond acceptors (Lipinski definition) is 5. The van der Waals surface area contributed by atoms with Crippen molar-refractivity contribution in [1.82, 2.24) is 24.4 Å². The molecule has 4 rings (SSSR count).